The number of hydrogen-bond donors (Lipinski definition) is 3. The lowest BCUT2D eigenvalue weighted by molar-refractivity contribution is 0.132. The van der Waals surface area contributed by atoms with E-state index >= 15 is 0 Å². The Hall–Kier alpha value is -1.27. The number of anilines is 2. The fourth-order valence-electron chi connectivity index (χ4n) is 2.21. The second kappa shape index (κ2) is 3.61. The van der Waals surface area contributed by atoms with Crippen LogP contribution in [0.3, 0.4) is 0 Å². The Morgan fingerprint density at radius 2 is 1.82 bits per heavy atom. The van der Waals surface area contributed by atoms with Gasteiger partial charge in [0.15, 0.2) is 0 Å². The summed E-state index contributed by atoms with van der Waals surface area (Å²) in [6, 6.07) is 0. The predicted octanol–water partition coefficient (Wildman–Crippen LogP) is 0.862. The first kappa shape index (κ1) is 12.2. The third-order valence-electron chi connectivity index (χ3n) is 3.74. The fourth-order valence-corrected chi connectivity index (χ4v) is 2.50. The Kier molecular flexibility index (Phi) is 2.59. The first-order valence-electron chi connectivity index (χ1n) is 5.53. The van der Waals surface area contributed by atoms with Crippen molar-refractivity contribution in [3.63, 3.8) is 0 Å². The Balaban J connectivity index is 2.71. The lowest BCUT2D eigenvalue weighted by atomic mass is 9.86. The second-order valence-electron chi connectivity index (χ2n) is 5.28. The minimum absolute atomic E-state index is 0.0517. The van der Waals surface area contributed by atoms with Crippen LogP contribution in [-0.4, -0.2) is 22.2 Å². The Morgan fingerprint density at radius 1 is 1.24 bits per heavy atom. The maximum atomic E-state index is 6.05. The molecular formula is C11H19N5S. The van der Waals surface area contributed by atoms with E-state index in [0.29, 0.717) is 16.1 Å². The number of nitrogens with zero attached hydrogens (tertiary/aromatic N) is 2. The molecule has 2 heterocycles. The second-order valence-corrected chi connectivity index (χ2v) is 5.66. The number of rotatable bonds is 0. The molecule has 0 unspecified atom stereocenters. The predicted molar refractivity (Wildman–Crippen MR) is 73.5 cm³/mol. The van der Waals surface area contributed by atoms with E-state index < -0.39 is 0 Å². The quantitative estimate of drug-likeness (QED) is 0.471. The Labute approximate surface area is 106 Å². The monoisotopic (exact) mass is 253 g/mol. The van der Waals surface area contributed by atoms with Crippen molar-refractivity contribution in [3.05, 3.63) is 15.8 Å². The highest BCUT2D eigenvalue weighted by Crippen LogP contribution is 2.35. The van der Waals surface area contributed by atoms with Gasteiger partial charge in [0.05, 0.1) is 5.69 Å². The van der Waals surface area contributed by atoms with Crippen molar-refractivity contribution >= 4 is 23.7 Å². The van der Waals surface area contributed by atoms with Crippen LogP contribution in [-0.2, 0) is 13.0 Å². The number of aromatic nitrogens is 1. The molecule has 0 fully saturated rings. The van der Waals surface area contributed by atoms with E-state index in [1.54, 1.807) is 0 Å². The maximum Gasteiger partial charge on any atom is 0.147 e. The van der Waals surface area contributed by atoms with Gasteiger partial charge in [0.25, 0.3) is 0 Å². The molecule has 0 spiro atoms. The molecule has 1 aliphatic heterocycles. The lowest BCUT2D eigenvalue weighted by Crippen LogP contribution is -2.46. The average Bonchev–Trinajstić information content (AvgIpc) is 2.26. The van der Waals surface area contributed by atoms with Crippen molar-refractivity contribution in [1.29, 1.82) is 0 Å². The van der Waals surface area contributed by atoms with E-state index in [9.17, 15) is 0 Å². The molecule has 1 aliphatic rings. The molecule has 1 aromatic heterocycles. The standard InChI is InChI=1S/C11H19N5S/c1-11(2)4-6-7(5-15(11)3)10(17)16(14)9(13)8(6)12/h4-5,12-14H2,1-3H3. The van der Waals surface area contributed by atoms with Gasteiger partial charge in [-0.05, 0) is 32.9 Å². The van der Waals surface area contributed by atoms with Crippen LogP contribution in [0.25, 0.3) is 0 Å². The number of likely N-dealkylation sites (N-methyl/N-ethyl adjacent to an activating group) is 1. The van der Waals surface area contributed by atoms with Crippen LogP contribution in [0.2, 0.25) is 0 Å². The minimum atomic E-state index is 0.0517. The van der Waals surface area contributed by atoms with E-state index in [4.69, 9.17) is 29.5 Å². The summed E-state index contributed by atoms with van der Waals surface area (Å²) in [7, 11) is 2.07. The first-order chi connectivity index (χ1) is 7.75. The van der Waals surface area contributed by atoms with Crippen LogP contribution in [0, 0.1) is 4.64 Å². The number of nitrogen functional groups attached to an aromatic ring is 3. The van der Waals surface area contributed by atoms with Crippen LogP contribution in [0.1, 0.15) is 25.0 Å². The zero-order chi connectivity index (χ0) is 13.0. The van der Waals surface area contributed by atoms with Crippen molar-refractivity contribution in [2.45, 2.75) is 32.4 Å². The van der Waals surface area contributed by atoms with Crippen molar-refractivity contribution < 1.29 is 0 Å². The van der Waals surface area contributed by atoms with E-state index in [2.05, 4.69) is 25.8 Å². The highest BCUT2D eigenvalue weighted by Gasteiger charge is 2.33. The molecule has 0 saturated carbocycles. The molecule has 0 atom stereocenters. The molecule has 0 aliphatic carbocycles. The number of hydrogen-bond acceptors (Lipinski definition) is 5. The lowest BCUT2D eigenvalue weighted by Gasteiger charge is -2.41. The van der Waals surface area contributed by atoms with Gasteiger partial charge in [-0.1, -0.05) is 12.2 Å². The molecule has 0 amide bonds. The van der Waals surface area contributed by atoms with Gasteiger partial charge >= 0.3 is 0 Å². The van der Waals surface area contributed by atoms with E-state index in [1.807, 2.05) is 0 Å². The summed E-state index contributed by atoms with van der Waals surface area (Å²) in [5.74, 6) is 6.16. The fraction of sp³-hybridized carbons (Fsp3) is 0.545. The van der Waals surface area contributed by atoms with Crippen LogP contribution >= 0.6 is 12.2 Å². The Morgan fingerprint density at radius 3 is 2.41 bits per heavy atom. The number of pyridine rings is 1. The smallest absolute Gasteiger partial charge is 0.147 e. The topological polar surface area (TPSA) is 86.2 Å². The molecule has 2 rings (SSSR count). The number of nitrogens with two attached hydrogens (primary N) is 3. The van der Waals surface area contributed by atoms with E-state index in [1.165, 1.54) is 4.68 Å². The van der Waals surface area contributed by atoms with Crippen LogP contribution in [0.5, 0.6) is 0 Å². The van der Waals surface area contributed by atoms with Gasteiger partial charge in [-0.2, -0.15) is 0 Å². The average molecular weight is 253 g/mol. The molecule has 0 radical (unpaired) electrons. The third-order valence-corrected chi connectivity index (χ3v) is 4.18. The first-order valence-corrected chi connectivity index (χ1v) is 5.94. The van der Waals surface area contributed by atoms with Crippen molar-refractivity contribution in [2.24, 2.45) is 0 Å². The SMILES string of the molecule is CN1Cc2c(c(N)c(N)n(N)c2=S)CC1(C)C. The summed E-state index contributed by atoms with van der Waals surface area (Å²) in [5, 5.41) is 0. The van der Waals surface area contributed by atoms with Crippen LogP contribution in [0.4, 0.5) is 11.5 Å². The van der Waals surface area contributed by atoms with Gasteiger partial charge in [0.1, 0.15) is 10.5 Å². The maximum absolute atomic E-state index is 6.05. The zero-order valence-corrected chi connectivity index (χ0v) is 11.3. The summed E-state index contributed by atoms with van der Waals surface area (Å²) >= 11 is 5.33. The molecule has 0 bridgehead atoms. The summed E-state index contributed by atoms with van der Waals surface area (Å²) in [4.78, 5) is 2.25. The van der Waals surface area contributed by atoms with Gasteiger partial charge < -0.3 is 17.3 Å². The number of fused-ring (bicyclic) bond motifs is 1. The normalized spacial score (nSPS) is 19.0. The molecule has 0 saturated heterocycles. The molecule has 1 aromatic rings. The van der Waals surface area contributed by atoms with Crippen molar-refractivity contribution in [3.8, 4) is 0 Å². The summed E-state index contributed by atoms with van der Waals surface area (Å²) in [6.07, 6.45) is 0.833. The van der Waals surface area contributed by atoms with Gasteiger partial charge in [0.2, 0.25) is 0 Å². The molecular weight excluding hydrogens is 234 g/mol. The molecule has 0 aromatic carbocycles. The van der Waals surface area contributed by atoms with Gasteiger partial charge in [-0.15, -0.1) is 0 Å². The van der Waals surface area contributed by atoms with Gasteiger partial charge in [0, 0.05) is 17.6 Å². The molecule has 94 valence electrons. The van der Waals surface area contributed by atoms with Gasteiger partial charge in [-0.3, -0.25) is 4.90 Å². The summed E-state index contributed by atoms with van der Waals surface area (Å²) < 4.78 is 1.88. The molecule has 5 nitrogen and oxygen atoms in total. The molecule has 6 heteroatoms. The van der Waals surface area contributed by atoms with Crippen molar-refractivity contribution in [1.82, 2.24) is 9.58 Å². The zero-order valence-electron chi connectivity index (χ0n) is 10.4. The summed E-state index contributed by atoms with van der Waals surface area (Å²) in [6.45, 7) is 5.11. The van der Waals surface area contributed by atoms with Crippen LogP contribution in [0.15, 0.2) is 0 Å². The molecule has 6 N–H and O–H groups in total. The molecule has 17 heavy (non-hydrogen) atoms. The van der Waals surface area contributed by atoms with Crippen molar-refractivity contribution in [2.75, 3.05) is 24.4 Å². The third kappa shape index (κ3) is 1.68. The van der Waals surface area contributed by atoms with E-state index in [0.717, 1.165) is 24.1 Å². The highest BCUT2D eigenvalue weighted by molar-refractivity contribution is 7.71. The minimum Gasteiger partial charge on any atom is -0.396 e. The summed E-state index contributed by atoms with van der Waals surface area (Å²) in [5.41, 5.74) is 14.6. The Bertz CT molecular complexity index is 532. The van der Waals surface area contributed by atoms with Crippen LogP contribution < -0.4 is 17.3 Å². The van der Waals surface area contributed by atoms with E-state index in [-0.39, 0.29) is 5.54 Å². The highest BCUT2D eigenvalue weighted by atomic mass is 32.1. The van der Waals surface area contributed by atoms with Gasteiger partial charge in [-0.25, -0.2) is 4.68 Å². The largest absolute Gasteiger partial charge is 0.396 e.